The number of aliphatic hydroxyl groups is 8. The lowest BCUT2D eigenvalue weighted by molar-refractivity contribution is -0.359. The van der Waals surface area contributed by atoms with Gasteiger partial charge >= 0.3 is 0 Å². The molecule has 14 nitrogen and oxygen atoms in total. The van der Waals surface area contributed by atoms with Gasteiger partial charge in [-0.25, -0.2) is 0 Å². The molecule has 0 aromatic carbocycles. The maximum absolute atomic E-state index is 12.7. The van der Waals surface area contributed by atoms with Crippen molar-refractivity contribution in [3.05, 3.63) is 12.2 Å². The molecule has 2 saturated heterocycles. The van der Waals surface area contributed by atoms with Crippen LogP contribution in [0.2, 0.25) is 0 Å². The molecule has 0 bridgehead atoms. The molecule has 2 aliphatic rings. The van der Waals surface area contributed by atoms with Gasteiger partial charge in [0.05, 0.1) is 32.0 Å². The number of hydrogen-bond donors (Lipinski definition) is 9. The first-order valence-electron chi connectivity index (χ1n) is 20.4. The van der Waals surface area contributed by atoms with Gasteiger partial charge in [0.15, 0.2) is 12.6 Å². The summed E-state index contributed by atoms with van der Waals surface area (Å²) in [4.78, 5) is 12.7. The number of amides is 1. The Morgan fingerprint density at radius 1 is 0.660 bits per heavy atom. The van der Waals surface area contributed by atoms with Crippen LogP contribution < -0.4 is 5.32 Å². The molecule has 0 aromatic rings. The topological polar surface area (TPSA) is 228 Å². The molecule has 9 N–H and O–H groups in total. The highest BCUT2D eigenvalue weighted by atomic mass is 16.7. The van der Waals surface area contributed by atoms with E-state index in [1.807, 2.05) is 13.0 Å². The minimum Gasteiger partial charge on any atom is -0.394 e. The van der Waals surface area contributed by atoms with Gasteiger partial charge in [0.25, 0.3) is 0 Å². The number of nitrogens with one attached hydrogen (secondary N) is 1. The lowest BCUT2D eigenvalue weighted by Crippen LogP contribution is -2.65. The predicted octanol–water partition coefficient (Wildman–Crippen LogP) is 2.48. The van der Waals surface area contributed by atoms with Crippen molar-refractivity contribution in [1.29, 1.82) is 0 Å². The van der Waals surface area contributed by atoms with E-state index in [1.165, 1.54) is 77.0 Å². The van der Waals surface area contributed by atoms with Gasteiger partial charge in [-0.1, -0.05) is 122 Å². The highest BCUT2D eigenvalue weighted by molar-refractivity contribution is 5.76. The normalized spacial score (nSPS) is 30.5. The number of rotatable bonds is 29. The van der Waals surface area contributed by atoms with Crippen molar-refractivity contribution >= 4 is 5.91 Å². The summed E-state index contributed by atoms with van der Waals surface area (Å²) in [6, 6.07) is -0.902. The molecule has 0 radical (unpaired) electrons. The third-order valence-electron chi connectivity index (χ3n) is 10.2. The maximum Gasteiger partial charge on any atom is 0.220 e. The lowest BCUT2D eigenvalue weighted by atomic mass is 9.97. The molecule has 14 heteroatoms. The Kier molecular flexibility index (Phi) is 25.5. The van der Waals surface area contributed by atoms with Crippen LogP contribution in [0, 0.1) is 0 Å². The van der Waals surface area contributed by atoms with E-state index >= 15 is 0 Å². The molecule has 2 rings (SSSR count). The largest absolute Gasteiger partial charge is 0.394 e. The van der Waals surface area contributed by atoms with Crippen molar-refractivity contribution in [2.24, 2.45) is 0 Å². The van der Waals surface area contributed by atoms with Gasteiger partial charge in [-0.3, -0.25) is 4.79 Å². The van der Waals surface area contributed by atoms with E-state index in [0.717, 1.165) is 32.1 Å². The fraction of sp³-hybridized carbons (Fsp3) is 0.923. The predicted molar refractivity (Wildman–Crippen MR) is 199 cm³/mol. The van der Waals surface area contributed by atoms with E-state index in [-0.39, 0.29) is 18.9 Å². The van der Waals surface area contributed by atoms with Crippen LogP contribution in [0.25, 0.3) is 0 Å². The second-order valence-electron chi connectivity index (χ2n) is 14.8. The number of ether oxygens (including phenoxy) is 4. The first-order valence-corrected chi connectivity index (χ1v) is 20.4. The monoisotopic (exact) mass is 764 g/mol. The summed E-state index contributed by atoms with van der Waals surface area (Å²) in [5, 5.41) is 85.7. The van der Waals surface area contributed by atoms with E-state index in [0.29, 0.717) is 6.42 Å². The third-order valence-corrected chi connectivity index (χ3v) is 10.2. The molecule has 1 amide bonds. The van der Waals surface area contributed by atoms with Crippen molar-refractivity contribution in [2.45, 2.75) is 209 Å². The summed E-state index contributed by atoms with van der Waals surface area (Å²) in [6.07, 6.45) is 7.96. The fourth-order valence-corrected chi connectivity index (χ4v) is 6.76. The highest BCUT2D eigenvalue weighted by Crippen LogP contribution is 2.29. The molecule has 12 atom stereocenters. The number of unbranched alkanes of at least 4 members (excludes halogenated alkanes) is 16. The summed E-state index contributed by atoms with van der Waals surface area (Å²) in [6.45, 7) is 2.57. The minimum absolute atomic E-state index is 0.266. The summed E-state index contributed by atoms with van der Waals surface area (Å²) in [5.74, 6) is -0.266. The number of hydrogen-bond acceptors (Lipinski definition) is 13. The van der Waals surface area contributed by atoms with Gasteiger partial charge in [0.2, 0.25) is 5.91 Å². The quantitative estimate of drug-likeness (QED) is 0.0395. The average molecular weight is 764 g/mol. The summed E-state index contributed by atoms with van der Waals surface area (Å²) in [5.41, 5.74) is 0. The van der Waals surface area contributed by atoms with Crippen molar-refractivity contribution in [2.75, 3.05) is 19.8 Å². The Morgan fingerprint density at radius 3 is 1.74 bits per heavy atom. The van der Waals surface area contributed by atoms with Crippen molar-refractivity contribution in [3.63, 3.8) is 0 Å². The van der Waals surface area contributed by atoms with Crippen molar-refractivity contribution in [1.82, 2.24) is 5.32 Å². The lowest BCUT2D eigenvalue weighted by Gasteiger charge is -2.46. The molecule has 0 aromatic heterocycles. The van der Waals surface area contributed by atoms with Crippen molar-refractivity contribution < 1.29 is 64.6 Å². The summed E-state index contributed by atoms with van der Waals surface area (Å²) >= 11 is 0. The molecule has 0 spiro atoms. The average Bonchev–Trinajstić information content (AvgIpc) is 3.15. The zero-order chi connectivity index (χ0) is 39.0. The Bertz CT molecular complexity index is 956. The van der Waals surface area contributed by atoms with E-state index in [1.54, 1.807) is 6.08 Å². The van der Waals surface area contributed by atoms with Crippen LogP contribution in [0.15, 0.2) is 12.2 Å². The zero-order valence-corrected chi connectivity index (χ0v) is 32.3. The Hall–Kier alpha value is -1.27. The van der Waals surface area contributed by atoms with Crippen LogP contribution in [0.1, 0.15) is 136 Å². The molecule has 0 saturated carbocycles. The van der Waals surface area contributed by atoms with Gasteiger partial charge in [0.1, 0.15) is 48.8 Å². The number of carbonyl (C=O) groups is 1. The number of aliphatic hydroxyl groups excluding tert-OH is 8. The van der Waals surface area contributed by atoms with Crippen molar-refractivity contribution in [3.8, 4) is 0 Å². The van der Waals surface area contributed by atoms with Gasteiger partial charge in [0, 0.05) is 6.42 Å². The SMILES string of the molecule is CCCCCCCCCCCCCCCC/C=C/C(O)C(COC1OC(CO)C(OC2OC(CO)C(O)C(O)C2O)C(O)C1O)NC(=O)CCCCC. The molecule has 2 fully saturated rings. The molecule has 2 aliphatic heterocycles. The molecule has 312 valence electrons. The molecular weight excluding hydrogens is 690 g/mol. The van der Waals surface area contributed by atoms with Crippen LogP contribution in [0.4, 0.5) is 0 Å². The van der Waals surface area contributed by atoms with Gasteiger partial charge in [-0.2, -0.15) is 0 Å². The van der Waals surface area contributed by atoms with E-state index in [4.69, 9.17) is 18.9 Å². The number of allylic oxidation sites excluding steroid dienone is 1. The Labute approximate surface area is 316 Å². The van der Waals surface area contributed by atoms with Gasteiger partial charge < -0.3 is 65.1 Å². The molecule has 2 heterocycles. The van der Waals surface area contributed by atoms with Gasteiger partial charge in [-0.05, 0) is 19.3 Å². The standard InChI is InChI=1S/C39H73NO13/c1-3-5-7-8-9-10-11-12-13-14-15-16-17-18-19-21-22-28(43)27(40-31(44)23-20-6-4-2)26-50-38-36(49)34(47)37(30(25-42)52-38)53-39-35(48)33(46)32(45)29(24-41)51-39/h21-22,27-30,32-39,41-43,45-49H,3-20,23-26H2,1-2H3,(H,40,44)/b22-21+. The van der Waals surface area contributed by atoms with Crippen LogP contribution in [0.3, 0.4) is 0 Å². The summed E-state index contributed by atoms with van der Waals surface area (Å²) in [7, 11) is 0. The fourth-order valence-electron chi connectivity index (χ4n) is 6.76. The van der Waals surface area contributed by atoms with Crippen LogP contribution in [-0.4, -0.2) is 140 Å². The van der Waals surface area contributed by atoms with E-state index < -0.39 is 86.8 Å². The van der Waals surface area contributed by atoms with Crippen LogP contribution in [-0.2, 0) is 23.7 Å². The second kappa shape index (κ2) is 28.2. The van der Waals surface area contributed by atoms with Gasteiger partial charge in [-0.15, -0.1) is 0 Å². The maximum atomic E-state index is 12.7. The Balaban J connectivity index is 1.85. The minimum atomic E-state index is -1.78. The molecule has 0 aliphatic carbocycles. The first kappa shape index (κ1) is 47.9. The van der Waals surface area contributed by atoms with Crippen LogP contribution >= 0.6 is 0 Å². The third kappa shape index (κ3) is 17.6. The highest BCUT2D eigenvalue weighted by Gasteiger charge is 2.50. The first-order chi connectivity index (χ1) is 25.6. The molecule has 12 unspecified atom stereocenters. The Morgan fingerprint density at radius 2 is 1.17 bits per heavy atom. The molecular formula is C39H73NO13. The summed E-state index contributed by atoms with van der Waals surface area (Å²) < 4.78 is 22.4. The smallest absolute Gasteiger partial charge is 0.220 e. The second-order valence-corrected chi connectivity index (χ2v) is 14.8. The van der Waals surface area contributed by atoms with E-state index in [9.17, 15) is 45.6 Å². The number of carbonyl (C=O) groups excluding carboxylic acids is 1. The molecule has 53 heavy (non-hydrogen) atoms. The zero-order valence-electron chi connectivity index (χ0n) is 32.3. The van der Waals surface area contributed by atoms with Crippen LogP contribution in [0.5, 0.6) is 0 Å². The van der Waals surface area contributed by atoms with E-state index in [2.05, 4.69) is 12.2 Å².